The molecule has 1 amide bonds. The molecule has 1 aliphatic rings. The van der Waals surface area contributed by atoms with Crippen LogP contribution in [-0.2, 0) is 16.6 Å². The number of ether oxygens (including phenoxy) is 2. The van der Waals surface area contributed by atoms with Crippen molar-refractivity contribution >= 4 is 46.9 Å². The first-order valence-electron chi connectivity index (χ1n) is 16.9. The van der Waals surface area contributed by atoms with E-state index >= 15 is 0 Å². The van der Waals surface area contributed by atoms with Gasteiger partial charge in [-0.05, 0) is 90.1 Å². The number of fused-ring (bicyclic) bond motifs is 1. The van der Waals surface area contributed by atoms with Crippen molar-refractivity contribution in [1.29, 1.82) is 0 Å². The minimum Gasteiger partial charge on any atom is -0.491 e. The number of thioether (sulfide) groups is 2. The summed E-state index contributed by atoms with van der Waals surface area (Å²) < 4.78 is 13.5. The molecular weight excluding hydrogens is 637 g/mol. The van der Waals surface area contributed by atoms with E-state index in [0.29, 0.717) is 25.6 Å². The van der Waals surface area contributed by atoms with Crippen molar-refractivity contribution in [3.63, 3.8) is 0 Å². The average Bonchev–Trinajstić information content (AvgIpc) is 3.41. The number of imidazole rings is 1. The number of hydrogen-bond donors (Lipinski definition) is 1. The number of amides is 1. The Hall–Kier alpha value is -3.66. The number of unbranched alkanes of at least 4 members (excludes halogenated alkanes) is 1. The van der Waals surface area contributed by atoms with Gasteiger partial charge < -0.3 is 24.3 Å². The third-order valence-electron chi connectivity index (χ3n) is 8.02. The van der Waals surface area contributed by atoms with Gasteiger partial charge in [0, 0.05) is 72.5 Å². The van der Waals surface area contributed by atoms with E-state index in [0.717, 1.165) is 82.9 Å². The quantitative estimate of drug-likeness (QED) is 0.0879. The van der Waals surface area contributed by atoms with Crippen molar-refractivity contribution in [2.75, 3.05) is 54.6 Å². The van der Waals surface area contributed by atoms with Crippen LogP contribution < -0.4 is 15.0 Å². The van der Waals surface area contributed by atoms with Crippen LogP contribution in [0.25, 0.3) is 17.2 Å². The summed E-state index contributed by atoms with van der Waals surface area (Å²) in [7, 11) is 2.02. The lowest BCUT2D eigenvalue weighted by Crippen LogP contribution is -2.29. The van der Waals surface area contributed by atoms with Gasteiger partial charge in [0.25, 0.3) is 5.91 Å². The van der Waals surface area contributed by atoms with E-state index in [1.54, 1.807) is 11.8 Å². The minimum atomic E-state index is -0.0511. The minimum absolute atomic E-state index is 0.0511. The third kappa shape index (κ3) is 10.4. The molecule has 0 spiro atoms. The fourth-order valence-electron chi connectivity index (χ4n) is 5.52. The molecule has 0 unspecified atom stereocenters. The molecule has 9 heteroatoms. The molecule has 3 aromatic carbocycles. The first-order chi connectivity index (χ1) is 23.4. The Morgan fingerprint density at radius 3 is 2.46 bits per heavy atom. The summed E-state index contributed by atoms with van der Waals surface area (Å²) in [6.45, 7) is 10.3. The largest absolute Gasteiger partial charge is 0.491 e. The smallest absolute Gasteiger partial charge is 0.251 e. The van der Waals surface area contributed by atoms with Crippen LogP contribution in [0.15, 0.2) is 94.7 Å². The number of hydrogen-bond acceptors (Lipinski definition) is 7. The maximum atomic E-state index is 13.6. The van der Waals surface area contributed by atoms with Gasteiger partial charge in [0.1, 0.15) is 12.4 Å². The highest BCUT2D eigenvalue weighted by Crippen LogP contribution is 2.34. The molecule has 1 N–H and O–H groups in total. The van der Waals surface area contributed by atoms with E-state index in [1.807, 2.05) is 60.0 Å². The third-order valence-corrected chi connectivity index (χ3v) is 10.4. The zero-order chi connectivity index (χ0) is 33.7. The van der Waals surface area contributed by atoms with Gasteiger partial charge in [-0.3, -0.25) is 4.79 Å². The SMILES string of the molecule is CCCCOCCOc1ccc(-c2ccc3c(c2)C=C(C(=O)Nc2ccc(SCCSc4nccn4C)cc2)CCN3CC(C)C)cc1. The standard InChI is InChI=1S/C39H48N4O3S2/c1-5-6-21-45-22-23-46-35-12-7-30(8-13-35)31-9-16-37-33(26-31)27-32(17-19-43(37)28-29(2)3)38(44)41-34-10-14-36(15-11-34)47-24-25-48-39-40-18-20-42(39)4/h7-16,18,20,26-27,29H,5-6,17,19,21-25,28H2,1-4H3,(H,41,44). The van der Waals surface area contributed by atoms with Crippen LogP contribution in [0.1, 0.15) is 45.6 Å². The molecule has 1 aromatic heterocycles. The summed E-state index contributed by atoms with van der Waals surface area (Å²) in [5.74, 6) is 3.25. The second-order valence-electron chi connectivity index (χ2n) is 12.4. The average molecular weight is 685 g/mol. The molecule has 254 valence electrons. The van der Waals surface area contributed by atoms with Crippen LogP contribution in [0.3, 0.4) is 0 Å². The van der Waals surface area contributed by atoms with Gasteiger partial charge in [0.2, 0.25) is 0 Å². The van der Waals surface area contributed by atoms with E-state index in [9.17, 15) is 4.79 Å². The molecular formula is C39H48N4O3S2. The number of anilines is 2. The second-order valence-corrected chi connectivity index (χ2v) is 14.6. The number of nitrogens with one attached hydrogen (secondary N) is 1. The normalized spacial score (nSPS) is 12.9. The fourth-order valence-corrected chi connectivity index (χ4v) is 7.34. The summed E-state index contributed by atoms with van der Waals surface area (Å²) in [5, 5.41) is 4.19. The van der Waals surface area contributed by atoms with Crippen molar-refractivity contribution in [3.05, 3.63) is 90.3 Å². The molecule has 0 atom stereocenters. The number of benzene rings is 3. The molecule has 1 aliphatic heterocycles. The molecule has 0 aliphatic carbocycles. The number of carbonyl (C=O) groups excluding carboxylic acids is 1. The molecule has 7 nitrogen and oxygen atoms in total. The van der Waals surface area contributed by atoms with Gasteiger partial charge in [0.05, 0.1) is 6.61 Å². The van der Waals surface area contributed by atoms with Crippen molar-refractivity contribution in [1.82, 2.24) is 9.55 Å². The van der Waals surface area contributed by atoms with Crippen LogP contribution >= 0.6 is 23.5 Å². The summed E-state index contributed by atoms with van der Waals surface area (Å²) in [6, 6.07) is 22.9. The summed E-state index contributed by atoms with van der Waals surface area (Å²) in [5.41, 5.74) is 6.04. The number of aryl methyl sites for hydroxylation is 1. The van der Waals surface area contributed by atoms with Crippen LogP contribution in [0.2, 0.25) is 0 Å². The monoisotopic (exact) mass is 684 g/mol. The van der Waals surface area contributed by atoms with E-state index in [1.165, 1.54) is 10.6 Å². The van der Waals surface area contributed by atoms with E-state index < -0.39 is 0 Å². The molecule has 0 fully saturated rings. The van der Waals surface area contributed by atoms with E-state index in [2.05, 4.69) is 84.5 Å². The number of carbonyl (C=O) groups is 1. The Kier molecular flexibility index (Phi) is 13.5. The molecule has 0 radical (unpaired) electrons. The Morgan fingerprint density at radius 1 is 0.958 bits per heavy atom. The Labute approximate surface area is 294 Å². The Balaban J connectivity index is 1.22. The van der Waals surface area contributed by atoms with Gasteiger partial charge >= 0.3 is 0 Å². The zero-order valence-electron chi connectivity index (χ0n) is 28.6. The van der Waals surface area contributed by atoms with Crippen molar-refractivity contribution < 1.29 is 14.3 Å². The molecule has 0 bridgehead atoms. The van der Waals surface area contributed by atoms with Crippen LogP contribution in [0.4, 0.5) is 11.4 Å². The second kappa shape index (κ2) is 18.2. The maximum Gasteiger partial charge on any atom is 0.251 e. The Bertz CT molecular complexity index is 1630. The van der Waals surface area contributed by atoms with Gasteiger partial charge in [-0.15, -0.1) is 11.8 Å². The predicted octanol–water partition coefficient (Wildman–Crippen LogP) is 9.06. The Morgan fingerprint density at radius 2 is 1.73 bits per heavy atom. The van der Waals surface area contributed by atoms with Gasteiger partial charge in [0.15, 0.2) is 5.16 Å². The first-order valence-corrected chi connectivity index (χ1v) is 18.9. The number of nitrogens with zero attached hydrogens (tertiary/aromatic N) is 3. The highest BCUT2D eigenvalue weighted by molar-refractivity contribution is 8.02. The van der Waals surface area contributed by atoms with Crippen LogP contribution in [0, 0.1) is 5.92 Å². The molecule has 0 saturated carbocycles. The van der Waals surface area contributed by atoms with Crippen molar-refractivity contribution in [3.8, 4) is 16.9 Å². The van der Waals surface area contributed by atoms with Gasteiger partial charge in [-0.2, -0.15) is 0 Å². The van der Waals surface area contributed by atoms with E-state index in [4.69, 9.17) is 9.47 Å². The molecule has 0 saturated heterocycles. The lowest BCUT2D eigenvalue weighted by Gasteiger charge is -2.27. The molecule has 4 aromatic rings. The predicted molar refractivity (Wildman–Crippen MR) is 202 cm³/mol. The molecule has 2 heterocycles. The topological polar surface area (TPSA) is 68.6 Å². The van der Waals surface area contributed by atoms with Crippen molar-refractivity contribution in [2.45, 2.75) is 50.1 Å². The lowest BCUT2D eigenvalue weighted by molar-refractivity contribution is -0.112. The maximum absolute atomic E-state index is 13.6. The lowest BCUT2D eigenvalue weighted by atomic mass is 10.00. The van der Waals surface area contributed by atoms with Crippen LogP contribution in [-0.4, -0.2) is 59.9 Å². The highest BCUT2D eigenvalue weighted by Gasteiger charge is 2.21. The van der Waals surface area contributed by atoms with E-state index in [-0.39, 0.29) is 5.91 Å². The summed E-state index contributed by atoms with van der Waals surface area (Å²) in [6.07, 6.45) is 8.76. The number of aromatic nitrogens is 2. The fraction of sp³-hybridized carbons (Fsp3) is 0.385. The van der Waals surface area contributed by atoms with Crippen molar-refractivity contribution in [2.24, 2.45) is 13.0 Å². The number of rotatable bonds is 17. The zero-order valence-corrected chi connectivity index (χ0v) is 30.2. The molecule has 5 rings (SSSR count). The van der Waals surface area contributed by atoms with Gasteiger partial charge in [-0.25, -0.2) is 4.98 Å². The van der Waals surface area contributed by atoms with Crippen LogP contribution in [0.5, 0.6) is 5.75 Å². The first kappa shape index (κ1) is 35.6. The summed E-state index contributed by atoms with van der Waals surface area (Å²) in [4.78, 5) is 21.6. The molecule has 48 heavy (non-hydrogen) atoms. The highest BCUT2D eigenvalue weighted by atomic mass is 32.2. The van der Waals surface area contributed by atoms with Gasteiger partial charge in [-0.1, -0.05) is 57.2 Å². The summed E-state index contributed by atoms with van der Waals surface area (Å²) >= 11 is 3.57.